The molecule has 4 heterocycles. The first kappa shape index (κ1) is 23.1. The summed E-state index contributed by atoms with van der Waals surface area (Å²) in [5.74, 6) is 0.727. The van der Waals surface area contributed by atoms with E-state index < -0.39 is 8.25 Å². The van der Waals surface area contributed by atoms with Gasteiger partial charge in [0.2, 0.25) is 0 Å². The van der Waals surface area contributed by atoms with E-state index in [1.807, 2.05) is 9.13 Å². The molecular weight excluding hydrogens is 459 g/mol. The molecule has 0 saturated heterocycles. The summed E-state index contributed by atoms with van der Waals surface area (Å²) in [5.41, 5.74) is 14.2. The average Bonchev–Trinajstić information content (AvgIpc) is 3.44. The van der Waals surface area contributed by atoms with Crippen LogP contribution in [0, 0.1) is 0 Å². The minimum Gasteiger partial charge on any atom is -0.382 e. The Morgan fingerprint density at radius 1 is 0.765 bits per heavy atom. The van der Waals surface area contributed by atoms with Crippen molar-refractivity contribution in [2.45, 2.75) is 38.8 Å². The molecule has 176 valence electrons. The Bertz CT molecular complexity index is 1230. The van der Waals surface area contributed by atoms with Crippen LogP contribution in [0.2, 0.25) is 0 Å². The van der Waals surface area contributed by atoms with Crippen LogP contribution in [0.15, 0.2) is 50.0 Å². The molecule has 0 saturated carbocycles. The van der Waals surface area contributed by atoms with Gasteiger partial charge in [-0.25, -0.2) is 39.0 Å². The van der Waals surface area contributed by atoms with E-state index >= 15 is 0 Å². The van der Waals surface area contributed by atoms with Crippen molar-refractivity contribution in [1.29, 1.82) is 0 Å². The summed E-state index contributed by atoms with van der Waals surface area (Å²) in [6.07, 6.45) is 15.6. The minimum absolute atomic E-state index is 0.363. The molecule has 0 aliphatic rings. The molecule has 0 amide bonds. The van der Waals surface area contributed by atoms with Crippen LogP contribution in [-0.4, -0.2) is 39.0 Å². The maximum absolute atomic E-state index is 11.8. The molecule has 0 fully saturated rings. The fourth-order valence-electron chi connectivity index (χ4n) is 3.23. The Labute approximate surface area is 195 Å². The molecular formula is C20H24N10O3P+. The summed E-state index contributed by atoms with van der Waals surface area (Å²) in [6, 6.07) is 0. The summed E-state index contributed by atoms with van der Waals surface area (Å²) in [6.45, 7) is 1.41. The third kappa shape index (κ3) is 5.62. The van der Waals surface area contributed by atoms with Crippen LogP contribution in [0.4, 0.5) is 11.6 Å². The van der Waals surface area contributed by atoms with Gasteiger partial charge in [-0.05, 0) is 37.8 Å². The smallest absolute Gasteiger partial charge is 0.382 e. The van der Waals surface area contributed by atoms with Crippen LogP contribution >= 0.6 is 8.25 Å². The first-order chi connectivity index (χ1) is 16.6. The maximum Gasteiger partial charge on any atom is 0.804 e. The van der Waals surface area contributed by atoms with Crippen molar-refractivity contribution in [1.82, 2.24) is 39.0 Å². The summed E-state index contributed by atoms with van der Waals surface area (Å²) < 4.78 is 25.7. The van der Waals surface area contributed by atoms with Crippen LogP contribution < -0.4 is 11.5 Å². The highest BCUT2D eigenvalue weighted by molar-refractivity contribution is 7.33. The van der Waals surface area contributed by atoms with Crippen LogP contribution in [0.1, 0.15) is 25.7 Å². The quantitative estimate of drug-likeness (QED) is 0.172. The number of nitrogens with zero attached hydrogens (tertiary/aromatic N) is 8. The second-order valence-corrected chi connectivity index (χ2v) is 8.07. The van der Waals surface area contributed by atoms with E-state index in [0.29, 0.717) is 47.1 Å². The molecule has 0 aliphatic heterocycles. The standard InChI is InChI=1S/C20H24N10O3P/c21-17-15-19(25-11-23-17)29(13-27-15)7-3-1-5-9-32-34(31)33-10-6-2-4-8-30-14-28-16-18(22)24-12-26-20(16)30/h5-6,9-14H,1-4,7-8H2,(H2,21,23,25)(H2,22,24,26)/q+1. The second-order valence-electron chi connectivity index (χ2n) is 7.20. The normalized spacial score (nSPS) is 12.3. The largest absolute Gasteiger partial charge is 0.804 e. The first-order valence-electron chi connectivity index (χ1n) is 10.6. The predicted octanol–water partition coefficient (Wildman–Crippen LogP) is 3.11. The van der Waals surface area contributed by atoms with E-state index in [1.165, 1.54) is 25.2 Å². The number of nitrogens with two attached hydrogens (primary N) is 2. The number of hydrogen-bond donors (Lipinski definition) is 2. The van der Waals surface area contributed by atoms with Crippen LogP contribution in [-0.2, 0) is 26.7 Å². The van der Waals surface area contributed by atoms with Gasteiger partial charge in [0.15, 0.2) is 35.5 Å². The molecule has 4 N–H and O–H groups in total. The number of fused-ring (bicyclic) bond motifs is 2. The predicted molar refractivity (Wildman–Crippen MR) is 126 cm³/mol. The van der Waals surface area contributed by atoms with Crippen molar-refractivity contribution < 1.29 is 13.6 Å². The van der Waals surface area contributed by atoms with Gasteiger partial charge in [0, 0.05) is 17.7 Å². The number of rotatable bonds is 12. The number of nitrogen functional groups attached to an aromatic ring is 2. The Balaban J connectivity index is 1.09. The molecule has 0 aliphatic carbocycles. The zero-order chi connectivity index (χ0) is 23.8. The summed E-state index contributed by atoms with van der Waals surface area (Å²) in [5, 5.41) is 0. The Hall–Kier alpha value is -4.12. The van der Waals surface area contributed by atoms with Crippen LogP contribution in [0.5, 0.6) is 0 Å². The zero-order valence-corrected chi connectivity index (χ0v) is 19.2. The Kier molecular flexibility index (Phi) is 7.56. The highest BCUT2D eigenvalue weighted by atomic mass is 31.1. The molecule has 4 aromatic rings. The van der Waals surface area contributed by atoms with Crippen molar-refractivity contribution in [3.05, 3.63) is 50.0 Å². The van der Waals surface area contributed by atoms with Gasteiger partial charge in [-0.1, -0.05) is 0 Å². The molecule has 0 spiro atoms. The molecule has 0 bridgehead atoms. The Morgan fingerprint density at radius 2 is 1.24 bits per heavy atom. The molecule has 13 nitrogen and oxygen atoms in total. The molecule has 0 unspecified atom stereocenters. The Morgan fingerprint density at radius 3 is 1.71 bits per heavy atom. The lowest BCUT2D eigenvalue weighted by molar-refractivity contribution is 0.354. The van der Waals surface area contributed by atoms with Gasteiger partial charge in [0.25, 0.3) is 0 Å². The zero-order valence-electron chi connectivity index (χ0n) is 18.3. The molecule has 0 aromatic carbocycles. The highest BCUT2D eigenvalue weighted by Gasteiger charge is 2.16. The van der Waals surface area contributed by atoms with Crippen molar-refractivity contribution in [3.63, 3.8) is 0 Å². The number of unbranched alkanes of at least 4 members (excludes halogenated alkanes) is 2. The van der Waals surface area contributed by atoms with Gasteiger partial charge in [-0.3, -0.25) is 0 Å². The van der Waals surface area contributed by atoms with E-state index in [4.69, 9.17) is 20.5 Å². The first-order valence-corrected chi connectivity index (χ1v) is 11.7. The number of anilines is 2. The summed E-state index contributed by atoms with van der Waals surface area (Å²) >= 11 is 0. The number of allylic oxidation sites excluding steroid dienone is 2. The molecule has 14 heteroatoms. The minimum atomic E-state index is -2.26. The maximum atomic E-state index is 11.8. The van der Waals surface area contributed by atoms with E-state index in [9.17, 15) is 4.57 Å². The van der Waals surface area contributed by atoms with Gasteiger partial charge in [-0.2, -0.15) is 0 Å². The second kappa shape index (κ2) is 11.1. The third-order valence-electron chi connectivity index (χ3n) is 4.88. The third-order valence-corrected chi connectivity index (χ3v) is 5.47. The summed E-state index contributed by atoms with van der Waals surface area (Å²) in [4.78, 5) is 24.7. The van der Waals surface area contributed by atoms with Crippen molar-refractivity contribution in [3.8, 4) is 0 Å². The molecule has 4 aromatic heterocycles. The van der Waals surface area contributed by atoms with Gasteiger partial charge < -0.3 is 20.6 Å². The fraction of sp³-hybridized carbons (Fsp3) is 0.300. The fourth-order valence-corrected chi connectivity index (χ4v) is 3.65. The number of hydrogen-bond acceptors (Lipinski definition) is 11. The van der Waals surface area contributed by atoms with Crippen molar-refractivity contribution >= 4 is 42.2 Å². The highest BCUT2D eigenvalue weighted by Crippen LogP contribution is 2.24. The topological polar surface area (TPSA) is 175 Å². The molecule has 0 radical (unpaired) electrons. The number of aromatic nitrogens is 8. The van der Waals surface area contributed by atoms with Crippen LogP contribution in [0.25, 0.3) is 22.3 Å². The average molecular weight is 483 g/mol. The van der Waals surface area contributed by atoms with Gasteiger partial charge in [0.1, 0.15) is 23.7 Å². The van der Waals surface area contributed by atoms with E-state index in [1.54, 1.807) is 24.8 Å². The monoisotopic (exact) mass is 483 g/mol. The SMILES string of the molecule is Nc1ncnc2c1ncn2CCCC=CO[P+](=O)OC=CCCCn1cnc2c(N)ncnc21. The van der Waals surface area contributed by atoms with Crippen molar-refractivity contribution in [2.24, 2.45) is 0 Å². The molecule has 4 rings (SSSR count). The molecule has 0 atom stereocenters. The summed E-state index contributed by atoms with van der Waals surface area (Å²) in [7, 11) is -2.26. The van der Waals surface area contributed by atoms with E-state index in [-0.39, 0.29) is 0 Å². The van der Waals surface area contributed by atoms with E-state index in [0.717, 1.165) is 25.7 Å². The van der Waals surface area contributed by atoms with Gasteiger partial charge in [0.05, 0.1) is 12.7 Å². The van der Waals surface area contributed by atoms with Crippen LogP contribution in [0.3, 0.4) is 0 Å². The molecule has 34 heavy (non-hydrogen) atoms. The van der Waals surface area contributed by atoms with Gasteiger partial charge in [-0.15, -0.1) is 0 Å². The lowest BCUT2D eigenvalue weighted by Gasteiger charge is -2.01. The lowest BCUT2D eigenvalue weighted by atomic mass is 10.3. The van der Waals surface area contributed by atoms with Gasteiger partial charge >= 0.3 is 8.25 Å². The van der Waals surface area contributed by atoms with E-state index in [2.05, 4.69) is 29.9 Å². The van der Waals surface area contributed by atoms with Crippen molar-refractivity contribution in [2.75, 3.05) is 11.5 Å². The lowest BCUT2D eigenvalue weighted by Crippen LogP contribution is -1.99. The number of imidazole rings is 2. The number of aryl methyl sites for hydroxylation is 2.